The Labute approximate surface area is 100 Å². The van der Waals surface area contributed by atoms with Crippen LogP contribution in [-0.2, 0) is 4.74 Å². The second-order valence-electron chi connectivity index (χ2n) is 4.87. The predicted octanol–water partition coefficient (Wildman–Crippen LogP) is 1.86. The van der Waals surface area contributed by atoms with E-state index in [0.717, 1.165) is 19.0 Å². The molecule has 0 amide bonds. The maximum absolute atomic E-state index is 5.96. The molecule has 3 heteroatoms. The lowest BCUT2D eigenvalue weighted by Gasteiger charge is -2.40. The zero-order valence-electron chi connectivity index (χ0n) is 11.1. The molecule has 3 nitrogen and oxygen atoms in total. The van der Waals surface area contributed by atoms with Crippen LogP contribution < -0.4 is 5.73 Å². The molecule has 1 rings (SSSR count). The molecule has 0 aromatic heterocycles. The summed E-state index contributed by atoms with van der Waals surface area (Å²) >= 11 is 0. The van der Waals surface area contributed by atoms with Gasteiger partial charge in [0.2, 0.25) is 0 Å². The van der Waals surface area contributed by atoms with Crippen LogP contribution in [-0.4, -0.2) is 43.8 Å². The van der Waals surface area contributed by atoms with E-state index in [4.69, 9.17) is 10.5 Å². The van der Waals surface area contributed by atoms with Gasteiger partial charge >= 0.3 is 0 Å². The number of hydrogen-bond donors (Lipinski definition) is 1. The van der Waals surface area contributed by atoms with Crippen molar-refractivity contribution < 1.29 is 4.74 Å². The lowest BCUT2D eigenvalue weighted by atomic mass is 9.91. The summed E-state index contributed by atoms with van der Waals surface area (Å²) in [5.41, 5.74) is 5.96. The Morgan fingerprint density at radius 3 is 2.56 bits per heavy atom. The summed E-state index contributed by atoms with van der Waals surface area (Å²) in [4.78, 5) is 2.55. The Bertz CT molecular complexity index is 183. The van der Waals surface area contributed by atoms with Gasteiger partial charge in [0.05, 0.1) is 6.10 Å². The van der Waals surface area contributed by atoms with E-state index in [1.54, 1.807) is 0 Å². The average molecular weight is 228 g/mol. The third-order valence-corrected chi connectivity index (χ3v) is 4.05. The highest BCUT2D eigenvalue weighted by Gasteiger charge is 2.28. The molecule has 1 fully saturated rings. The first-order chi connectivity index (χ1) is 7.76. The Hall–Kier alpha value is -0.120. The van der Waals surface area contributed by atoms with Crippen molar-refractivity contribution in [1.82, 2.24) is 4.90 Å². The molecular formula is C13H28N2O. The molecular weight excluding hydrogens is 200 g/mol. The van der Waals surface area contributed by atoms with Crippen LogP contribution in [0.15, 0.2) is 0 Å². The summed E-state index contributed by atoms with van der Waals surface area (Å²) in [6.45, 7) is 7.58. The van der Waals surface area contributed by atoms with Crippen molar-refractivity contribution in [3.05, 3.63) is 0 Å². The van der Waals surface area contributed by atoms with Gasteiger partial charge in [-0.15, -0.1) is 0 Å². The Morgan fingerprint density at radius 2 is 2.06 bits per heavy atom. The standard InChI is InChI=1S/C13H28N2O/c1-4-11(5-2)13(9-14)15-8-6-7-12(10-15)16-3/h11-13H,4-10,14H2,1-3H3. The van der Waals surface area contributed by atoms with Crippen molar-refractivity contribution in [3.8, 4) is 0 Å². The van der Waals surface area contributed by atoms with E-state index in [0.29, 0.717) is 12.1 Å². The molecule has 2 N–H and O–H groups in total. The van der Waals surface area contributed by atoms with Gasteiger partial charge in [0.25, 0.3) is 0 Å². The number of likely N-dealkylation sites (tertiary alicyclic amines) is 1. The van der Waals surface area contributed by atoms with E-state index in [-0.39, 0.29) is 0 Å². The van der Waals surface area contributed by atoms with Gasteiger partial charge in [-0.3, -0.25) is 4.90 Å². The van der Waals surface area contributed by atoms with Crippen molar-refractivity contribution >= 4 is 0 Å². The van der Waals surface area contributed by atoms with E-state index in [9.17, 15) is 0 Å². The number of piperidine rings is 1. The monoisotopic (exact) mass is 228 g/mol. The van der Waals surface area contributed by atoms with Crippen LogP contribution in [0.25, 0.3) is 0 Å². The third-order valence-electron chi connectivity index (χ3n) is 4.05. The summed E-state index contributed by atoms with van der Waals surface area (Å²) in [5, 5.41) is 0. The van der Waals surface area contributed by atoms with Crippen molar-refractivity contribution in [2.45, 2.75) is 51.7 Å². The first-order valence-corrected chi connectivity index (χ1v) is 6.73. The molecule has 0 saturated carbocycles. The van der Waals surface area contributed by atoms with Gasteiger partial charge in [0, 0.05) is 26.2 Å². The minimum atomic E-state index is 0.414. The van der Waals surface area contributed by atoms with Crippen molar-refractivity contribution in [3.63, 3.8) is 0 Å². The van der Waals surface area contributed by atoms with Gasteiger partial charge in [-0.25, -0.2) is 0 Å². The molecule has 1 heterocycles. The van der Waals surface area contributed by atoms with Crippen molar-refractivity contribution in [2.24, 2.45) is 11.7 Å². The Kier molecular flexibility index (Phi) is 6.32. The molecule has 96 valence electrons. The summed E-state index contributed by atoms with van der Waals surface area (Å²) < 4.78 is 5.48. The second-order valence-corrected chi connectivity index (χ2v) is 4.87. The molecule has 1 aliphatic heterocycles. The lowest BCUT2D eigenvalue weighted by Crippen LogP contribution is -2.51. The van der Waals surface area contributed by atoms with Gasteiger partial charge in [-0.05, 0) is 25.3 Å². The molecule has 1 aliphatic rings. The second kappa shape index (κ2) is 7.25. The Morgan fingerprint density at radius 1 is 1.38 bits per heavy atom. The normalized spacial score (nSPS) is 24.9. The highest BCUT2D eigenvalue weighted by Crippen LogP contribution is 2.22. The fourth-order valence-electron chi connectivity index (χ4n) is 2.93. The molecule has 16 heavy (non-hydrogen) atoms. The quantitative estimate of drug-likeness (QED) is 0.754. The molecule has 0 radical (unpaired) electrons. The number of nitrogens with two attached hydrogens (primary N) is 1. The molecule has 0 aromatic carbocycles. The largest absolute Gasteiger partial charge is 0.380 e. The molecule has 2 atom stereocenters. The number of ether oxygens (including phenoxy) is 1. The van der Waals surface area contributed by atoms with Crippen molar-refractivity contribution in [2.75, 3.05) is 26.7 Å². The fourth-order valence-corrected chi connectivity index (χ4v) is 2.93. The molecule has 2 unspecified atom stereocenters. The predicted molar refractivity (Wildman–Crippen MR) is 68.5 cm³/mol. The number of methoxy groups -OCH3 is 1. The Balaban J connectivity index is 2.57. The minimum Gasteiger partial charge on any atom is -0.380 e. The summed E-state index contributed by atoms with van der Waals surface area (Å²) in [7, 11) is 1.82. The first kappa shape index (κ1) is 13.9. The maximum Gasteiger partial charge on any atom is 0.0698 e. The number of hydrogen-bond acceptors (Lipinski definition) is 3. The molecule has 0 aromatic rings. The highest BCUT2D eigenvalue weighted by atomic mass is 16.5. The average Bonchev–Trinajstić information content (AvgIpc) is 2.35. The molecule has 1 saturated heterocycles. The molecule has 0 bridgehead atoms. The van der Waals surface area contributed by atoms with Crippen LogP contribution in [0, 0.1) is 5.92 Å². The summed E-state index contributed by atoms with van der Waals surface area (Å²) in [6.07, 6.45) is 5.32. The van der Waals surface area contributed by atoms with Gasteiger partial charge in [-0.1, -0.05) is 26.7 Å². The molecule has 0 spiro atoms. The van der Waals surface area contributed by atoms with Crippen LogP contribution in [0.5, 0.6) is 0 Å². The van der Waals surface area contributed by atoms with Crippen LogP contribution in [0.2, 0.25) is 0 Å². The fraction of sp³-hybridized carbons (Fsp3) is 1.00. The van der Waals surface area contributed by atoms with E-state index >= 15 is 0 Å². The van der Waals surface area contributed by atoms with E-state index in [1.165, 1.54) is 32.2 Å². The van der Waals surface area contributed by atoms with E-state index in [2.05, 4.69) is 18.7 Å². The number of nitrogens with zero attached hydrogens (tertiary/aromatic N) is 1. The van der Waals surface area contributed by atoms with Gasteiger partial charge in [-0.2, -0.15) is 0 Å². The maximum atomic E-state index is 5.96. The summed E-state index contributed by atoms with van der Waals surface area (Å²) in [6, 6.07) is 0.549. The zero-order chi connectivity index (χ0) is 12.0. The van der Waals surface area contributed by atoms with Crippen LogP contribution in [0.3, 0.4) is 0 Å². The lowest BCUT2D eigenvalue weighted by molar-refractivity contribution is 0.00369. The molecule has 0 aliphatic carbocycles. The zero-order valence-corrected chi connectivity index (χ0v) is 11.1. The van der Waals surface area contributed by atoms with Crippen LogP contribution in [0.1, 0.15) is 39.5 Å². The van der Waals surface area contributed by atoms with Crippen LogP contribution in [0.4, 0.5) is 0 Å². The van der Waals surface area contributed by atoms with Crippen molar-refractivity contribution in [1.29, 1.82) is 0 Å². The smallest absolute Gasteiger partial charge is 0.0698 e. The topological polar surface area (TPSA) is 38.5 Å². The van der Waals surface area contributed by atoms with Gasteiger partial charge in [0.15, 0.2) is 0 Å². The van der Waals surface area contributed by atoms with Gasteiger partial charge in [0.1, 0.15) is 0 Å². The van der Waals surface area contributed by atoms with Crippen LogP contribution >= 0.6 is 0 Å². The summed E-state index contributed by atoms with van der Waals surface area (Å²) in [5.74, 6) is 0.737. The first-order valence-electron chi connectivity index (χ1n) is 6.73. The highest BCUT2D eigenvalue weighted by molar-refractivity contribution is 4.84. The van der Waals surface area contributed by atoms with E-state index < -0.39 is 0 Å². The van der Waals surface area contributed by atoms with E-state index in [1.807, 2.05) is 7.11 Å². The minimum absolute atomic E-state index is 0.414. The third kappa shape index (κ3) is 3.44. The van der Waals surface area contributed by atoms with Gasteiger partial charge < -0.3 is 10.5 Å². The SMILES string of the molecule is CCC(CC)C(CN)N1CCCC(OC)C1. The number of rotatable bonds is 6.